The first-order valence-electron chi connectivity index (χ1n) is 4.13. The highest BCUT2D eigenvalue weighted by molar-refractivity contribution is 9.08. The monoisotopic (exact) mass is 269 g/mol. The van der Waals surface area contributed by atoms with Crippen LogP contribution in [0.2, 0.25) is 0 Å². The molecule has 0 spiro atoms. The van der Waals surface area contributed by atoms with E-state index in [1.54, 1.807) is 0 Å². The zero-order chi connectivity index (χ0) is 10.4. The summed E-state index contributed by atoms with van der Waals surface area (Å²) in [6, 6.07) is 7.73. The van der Waals surface area contributed by atoms with E-state index < -0.39 is 0 Å². The molecule has 0 bridgehead atoms. The first kappa shape index (κ1) is 11.3. The van der Waals surface area contributed by atoms with Crippen LogP contribution >= 0.6 is 27.5 Å². The molecule has 0 saturated heterocycles. The SMILES string of the molecule is N#Cc1ccc(CBr)c(C=CCCl)c1. The van der Waals surface area contributed by atoms with Gasteiger partial charge in [-0.05, 0) is 23.3 Å². The van der Waals surface area contributed by atoms with Gasteiger partial charge in [0.1, 0.15) is 0 Å². The summed E-state index contributed by atoms with van der Waals surface area (Å²) in [7, 11) is 0. The zero-order valence-electron chi connectivity index (χ0n) is 7.50. The standard InChI is InChI=1S/C11H9BrClN/c12-7-11-4-3-9(8-14)6-10(11)2-1-5-13/h1-4,6H,5,7H2. The third kappa shape index (κ3) is 2.87. The van der Waals surface area contributed by atoms with Crippen molar-refractivity contribution in [2.75, 3.05) is 5.88 Å². The van der Waals surface area contributed by atoms with Crippen LogP contribution in [0.1, 0.15) is 16.7 Å². The van der Waals surface area contributed by atoms with Gasteiger partial charge < -0.3 is 0 Å². The van der Waals surface area contributed by atoms with E-state index in [1.165, 1.54) is 0 Å². The molecule has 0 aromatic heterocycles. The van der Waals surface area contributed by atoms with Crippen LogP contribution in [0.4, 0.5) is 0 Å². The Morgan fingerprint density at radius 2 is 2.29 bits per heavy atom. The van der Waals surface area contributed by atoms with Crippen LogP contribution in [0.25, 0.3) is 6.08 Å². The summed E-state index contributed by atoms with van der Waals surface area (Å²) < 4.78 is 0. The van der Waals surface area contributed by atoms with E-state index in [-0.39, 0.29) is 0 Å². The number of rotatable bonds is 3. The first-order valence-corrected chi connectivity index (χ1v) is 5.79. The Morgan fingerprint density at radius 3 is 2.86 bits per heavy atom. The molecule has 0 atom stereocenters. The number of hydrogen-bond acceptors (Lipinski definition) is 1. The average molecular weight is 271 g/mol. The average Bonchev–Trinajstić information content (AvgIpc) is 2.25. The molecule has 14 heavy (non-hydrogen) atoms. The summed E-state index contributed by atoms with van der Waals surface area (Å²) in [6.45, 7) is 0. The lowest BCUT2D eigenvalue weighted by Crippen LogP contribution is -1.86. The lowest BCUT2D eigenvalue weighted by Gasteiger charge is -2.02. The molecule has 0 aliphatic heterocycles. The van der Waals surface area contributed by atoms with Crippen LogP contribution in [0.3, 0.4) is 0 Å². The fourth-order valence-corrected chi connectivity index (χ4v) is 1.71. The maximum Gasteiger partial charge on any atom is 0.0991 e. The van der Waals surface area contributed by atoms with Gasteiger partial charge in [0.05, 0.1) is 11.6 Å². The van der Waals surface area contributed by atoms with Gasteiger partial charge in [0.15, 0.2) is 0 Å². The van der Waals surface area contributed by atoms with Gasteiger partial charge in [-0.1, -0.05) is 34.1 Å². The second-order valence-electron chi connectivity index (χ2n) is 2.72. The van der Waals surface area contributed by atoms with Crippen LogP contribution in [-0.4, -0.2) is 5.88 Å². The van der Waals surface area contributed by atoms with Crippen molar-refractivity contribution in [3.8, 4) is 6.07 Å². The van der Waals surface area contributed by atoms with Crippen molar-refractivity contribution >= 4 is 33.6 Å². The predicted molar refractivity (Wildman–Crippen MR) is 63.5 cm³/mol. The van der Waals surface area contributed by atoms with E-state index in [1.807, 2.05) is 30.4 Å². The van der Waals surface area contributed by atoms with Gasteiger partial charge in [0.2, 0.25) is 0 Å². The van der Waals surface area contributed by atoms with E-state index in [2.05, 4.69) is 22.0 Å². The van der Waals surface area contributed by atoms with Crippen molar-refractivity contribution in [3.63, 3.8) is 0 Å². The van der Waals surface area contributed by atoms with Crippen molar-refractivity contribution in [1.29, 1.82) is 5.26 Å². The normalized spacial score (nSPS) is 10.4. The molecule has 3 heteroatoms. The van der Waals surface area contributed by atoms with Crippen molar-refractivity contribution in [3.05, 3.63) is 41.0 Å². The van der Waals surface area contributed by atoms with Gasteiger partial charge in [0, 0.05) is 11.2 Å². The van der Waals surface area contributed by atoms with E-state index in [0.29, 0.717) is 11.4 Å². The molecule has 0 amide bonds. The predicted octanol–water partition coefficient (Wildman–Crippen LogP) is 3.71. The quantitative estimate of drug-likeness (QED) is 0.768. The third-order valence-corrected chi connectivity index (χ3v) is 2.59. The van der Waals surface area contributed by atoms with Gasteiger partial charge in [-0.15, -0.1) is 11.6 Å². The minimum Gasteiger partial charge on any atom is -0.192 e. The van der Waals surface area contributed by atoms with Gasteiger partial charge >= 0.3 is 0 Å². The summed E-state index contributed by atoms with van der Waals surface area (Å²) in [6.07, 6.45) is 3.80. The van der Waals surface area contributed by atoms with Crippen molar-refractivity contribution in [1.82, 2.24) is 0 Å². The van der Waals surface area contributed by atoms with Crippen LogP contribution < -0.4 is 0 Å². The molecular weight excluding hydrogens is 261 g/mol. The Labute approximate surface area is 97.1 Å². The van der Waals surface area contributed by atoms with E-state index >= 15 is 0 Å². The lowest BCUT2D eigenvalue weighted by atomic mass is 10.1. The Balaban J connectivity index is 3.10. The molecule has 0 saturated carbocycles. The molecule has 0 heterocycles. The second-order valence-corrected chi connectivity index (χ2v) is 3.59. The summed E-state index contributed by atoms with van der Waals surface area (Å²) in [4.78, 5) is 0. The number of nitrogens with zero attached hydrogens (tertiary/aromatic N) is 1. The Bertz CT molecular complexity index is 379. The Morgan fingerprint density at radius 1 is 1.50 bits per heavy atom. The maximum atomic E-state index is 8.74. The lowest BCUT2D eigenvalue weighted by molar-refractivity contribution is 1.38. The number of benzene rings is 1. The maximum absolute atomic E-state index is 8.74. The minimum absolute atomic E-state index is 0.485. The highest BCUT2D eigenvalue weighted by Crippen LogP contribution is 2.16. The number of nitriles is 1. The van der Waals surface area contributed by atoms with Crippen molar-refractivity contribution in [2.45, 2.75) is 5.33 Å². The zero-order valence-corrected chi connectivity index (χ0v) is 9.85. The van der Waals surface area contributed by atoms with Crippen LogP contribution in [-0.2, 0) is 5.33 Å². The molecule has 0 aliphatic rings. The highest BCUT2D eigenvalue weighted by Gasteiger charge is 1.99. The van der Waals surface area contributed by atoms with Crippen LogP contribution in [0.5, 0.6) is 0 Å². The van der Waals surface area contributed by atoms with Crippen LogP contribution in [0, 0.1) is 11.3 Å². The molecule has 0 unspecified atom stereocenters. The van der Waals surface area contributed by atoms with Crippen molar-refractivity contribution in [2.24, 2.45) is 0 Å². The molecule has 1 aromatic rings. The molecular formula is C11H9BrClN. The fourth-order valence-electron chi connectivity index (χ4n) is 1.11. The van der Waals surface area contributed by atoms with Gasteiger partial charge in [-0.2, -0.15) is 5.26 Å². The van der Waals surface area contributed by atoms with E-state index in [4.69, 9.17) is 16.9 Å². The molecule has 0 radical (unpaired) electrons. The molecule has 0 fully saturated rings. The Hall–Kier alpha value is -0.780. The highest BCUT2D eigenvalue weighted by atomic mass is 79.9. The number of halogens is 2. The summed E-state index contributed by atoms with van der Waals surface area (Å²) in [5.74, 6) is 0.485. The van der Waals surface area contributed by atoms with E-state index in [0.717, 1.165) is 16.5 Å². The number of allylic oxidation sites excluding steroid dienone is 1. The topological polar surface area (TPSA) is 23.8 Å². The van der Waals surface area contributed by atoms with Gasteiger partial charge in [0.25, 0.3) is 0 Å². The van der Waals surface area contributed by atoms with Gasteiger partial charge in [-0.25, -0.2) is 0 Å². The first-order chi connectivity index (χ1) is 6.81. The van der Waals surface area contributed by atoms with Gasteiger partial charge in [-0.3, -0.25) is 0 Å². The smallest absolute Gasteiger partial charge is 0.0991 e. The minimum atomic E-state index is 0.485. The second kappa shape index (κ2) is 5.85. The Kier molecular flexibility index (Phi) is 4.72. The number of hydrogen-bond donors (Lipinski definition) is 0. The van der Waals surface area contributed by atoms with Crippen molar-refractivity contribution < 1.29 is 0 Å². The molecule has 0 aliphatic carbocycles. The summed E-state index contributed by atoms with van der Waals surface area (Å²) in [5.41, 5.74) is 2.87. The molecule has 72 valence electrons. The molecule has 1 aromatic carbocycles. The number of alkyl halides is 2. The molecule has 1 rings (SSSR count). The fraction of sp³-hybridized carbons (Fsp3) is 0.182. The largest absolute Gasteiger partial charge is 0.192 e. The van der Waals surface area contributed by atoms with Crippen LogP contribution in [0.15, 0.2) is 24.3 Å². The third-order valence-electron chi connectivity index (χ3n) is 1.81. The molecule has 1 nitrogen and oxygen atoms in total. The molecule has 0 N–H and O–H groups in total. The summed E-state index contributed by atoms with van der Waals surface area (Å²) >= 11 is 8.95. The summed E-state index contributed by atoms with van der Waals surface area (Å²) in [5, 5.41) is 9.52. The van der Waals surface area contributed by atoms with E-state index in [9.17, 15) is 0 Å².